The summed E-state index contributed by atoms with van der Waals surface area (Å²) in [6.07, 6.45) is 0.0914. The van der Waals surface area contributed by atoms with Gasteiger partial charge in [-0.1, -0.05) is 0 Å². The van der Waals surface area contributed by atoms with Crippen molar-refractivity contribution in [1.29, 1.82) is 0 Å². The van der Waals surface area contributed by atoms with Crippen molar-refractivity contribution < 1.29 is 18.6 Å². The molecule has 0 saturated carbocycles. The maximum Gasteiger partial charge on any atom is 0.228 e. The molecule has 0 aliphatic carbocycles. The van der Waals surface area contributed by atoms with Crippen LogP contribution in [0.1, 0.15) is 11.3 Å². The van der Waals surface area contributed by atoms with Crippen LogP contribution < -0.4 is 10.1 Å². The fourth-order valence-corrected chi connectivity index (χ4v) is 3.05. The molecule has 0 saturated heterocycles. The number of aromatic nitrogens is 3. The Morgan fingerprint density at radius 2 is 2.08 bits per heavy atom. The lowest BCUT2D eigenvalue weighted by atomic mass is 10.1. The number of carbonyl (C=O) groups excluding carboxylic acids is 1. The molecule has 0 aliphatic rings. The van der Waals surface area contributed by atoms with Crippen LogP contribution in [0.4, 0.5) is 10.1 Å². The molecule has 2 N–H and O–H groups in total. The summed E-state index contributed by atoms with van der Waals surface area (Å²) in [4.78, 5) is 15.7. The Kier molecular flexibility index (Phi) is 3.80. The minimum atomic E-state index is -0.344. The van der Waals surface area contributed by atoms with Crippen molar-refractivity contribution in [3.63, 3.8) is 0 Å². The summed E-state index contributed by atoms with van der Waals surface area (Å²) in [6, 6.07) is 7.81. The summed E-state index contributed by atoms with van der Waals surface area (Å²) < 4.78 is 23.5. The van der Waals surface area contributed by atoms with E-state index in [2.05, 4.69) is 20.6 Å². The van der Waals surface area contributed by atoms with Gasteiger partial charge in [0.15, 0.2) is 16.8 Å². The highest BCUT2D eigenvalue weighted by molar-refractivity contribution is 6.02. The molecule has 26 heavy (non-hydrogen) atoms. The second-order valence-electron chi connectivity index (χ2n) is 5.92. The molecule has 7 nitrogen and oxygen atoms in total. The number of amides is 1. The predicted molar refractivity (Wildman–Crippen MR) is 93.7 cm³/mol. The van der Waals surface area contributed by atoms with Crippen molar-refractivity contribution in [2.45, 2.75) is 13.3 Å². The number of hydrogen-bond acceptors (Lipinski definition) is 5. The molecule has 0 atom stereocenters. The second kappa shape index (κ2) is 6.14. The number of carbonyl (C=O) groups is 1. The van der Waals surface area contributed by atoms with Gasteiger partial charge in [-0.15, -0.1) is 0 Å². The molecule has 0 fully saturated rings. The van der Waals surface area contributed by atoms with Crippen molar-refractivity contribution in [2.24, 2.45) is 0 Å². The Balaban J connectivity index is 1.63. The fraction of sp³-hybridized carbons (Fsp3) is 0.167. The molecule has 0 bridgehead atoms. The zero-order valence-corrected chi connectivity index (χ0v) is 14.1. The van der Waals surface area contributed by atoms with Crippen molar-refractivity contribution in [3.05, 3.63) is 47.4 Å². The Hall–Kier alpha value is -3.42. The third-order valence-electron chi connectivity index (χ3n) is 4.29. The number of aromatic amines is 1. The van der Waals surface area contributed by atoms with Gasteiger partial charge >= 0.3 is 0 Å². The molecule has 2 aromatic carbocycles. The van der Waals surface area contributed by atoms with E-state index in [9.17, 15) is 9.18 Å². The zero-order valence-electron chi connectivity index (χ0n) is 14.1. The molecule has 4 aromatic rings. The largest absolute Gasteiger partial charge is 0.494 e. The summed E-state index contributed by atoms with van der Waals surface area (Å²) in [5.74, 6) is -0.0985. The zero-order chi connectivity index (χ0) is 18.3. The van der Waals surface area contributed by atoms with Crippen LogP contribution in [0.25, 0.3) is 21.9 Å². The number of rotatable bonds is 4. The first-order valence-corrected chi connectivity index (χ1v) is 7.92. The van der Waals surface area contributed by atoms with Gasteiger partial charge in [0.1, 0.15) is 5.82 Å². The van der Waals surface area contributed by atoms with E-state index in [4.69, 9.17) is 9.37 Å². The maximum atomic E-state index is 13.6. The highest BCUT2D eigenvalue weighted by atomic mass is 19.1. The summed E-state index contributed by atoms with van der Waals surface area (Å²) in [5, 5.41) is 11.1. The Labute approximate surface area is 147 Å². The topological polar surface area (TPSA) is 93.0 Å². The number of hydrogen-bond donors (Lipinski definition) is 2. The molecule has 2 aromatic heterocycles. The van der Waals surface area contributed by atoms with Crippen LogP contribution in [0, 0.1) is 12.7 Å². The highest BCUT2D eigenvalue weighted by Crippen LogP contribution is 2.29. The Bertz CT molecular complexity index is 1130. The second-order valence-corrected chi connectivity index (χ2v) is 5.92. The molecule has 0 radical (unpaired) electrons. The Morgan fingerprint density at radius 1 is 1.27 bits per heavy atom. The number of halogens is 1. The molecule has 0 spiro atoms. The highest BCUT2D eigenvalue weighted by Gasteiger charge is 2.17. The van der Waals surface area contributed by atoms with Crippen LogP contribution in [0.3, 0.4) is 0 Å². The first-order valence-electron chi connectivity index (χ1n) is 7.92. The number of H-pyrrole nitrogens is 1. The third-order valence-corrected chi connectivity index (χ3v) is 4.29. The van der Waals surface area contributed by atoms with E-state index in [1.807, 2.05) is 6.92 Å². The summed E-state index contributed by atoms with van der Waals surface area (Å²) in [6.45, 7) is 1.85. The van der Waals surface area contributed by atoms with E-state index in [-0.39, 0.29) is 18.1 Å². The average Bonchev–Trinajstić information content (AvgIpc) is 3.21. The molecule has 132 valence electrons. The number of nitrogens with one attached hydrogen (secondary N) is 2. The van der Waals surface area contributed by atoms with E-state index in [1.54, 1.807) is 18.2 Å². The van der Waals surface area contributed by atoms with Gasteiger partial charge in [0.25, 0.3) is 0 Å². The number of nitrogens with zero attached hydrogens (tertiary/aromatic N) is 2. The summed E-state index contributed by atoms with van der Waals surface area (Å²) in [5.41, 5.74) is 3.66. The number of fused-ring (bicyclic) bond motifs is 2. The molecule has 4 rings (SSSR count). The molecular formula is C18H15FN4O3. The molecule has 2 heterocycles. The van der Waals surface area contributed by atoms with Crippen LogP contribution in [0.2, 0.25) is 0 Å². The van der Waals surface area contributed by atoms with Gasteiger partial charge in [-0.25, -0.2) is 9.02 Å². The standard InChI is InChI=1S/C18H15FN4O3/c1-9-11(12-7-10(19)3-4-13(12)20-9)8-16(24)21-14-5-6-15(25-2)18-17(14)22-26-23-18/h3-7,20H,8H2,1-2H3,(H,21,24). The number of anilines is 1. The SMILES string of the molecule is COc1ccc(NC(=O)Cc2c(C)[nH]c3ccc(F)cc23)c2nonc12. The van der Waals surface area contributed by atoms with E-state index in [0.29, 0.717) is 27.9 Å². The lowest BCUT2D eigenvalue weighted by Gasteiger charge is -2.07. The van der Waals surface area contributed by atoms with Crippen LogP contribution in [-0.4, -0.2) is 28.3 Å². The average molecular weight is 354 g/mol. The summed E-state index contributed by atoms with van der Waals surface area (Å²) in [7, 11) is 1.51. The lowest BCUT2D eigenvalue weighted by Crippen LogP contribution is -2.15. The van der Waals surface area contributed by atoms with Gasteiger partial charge in [0.05, 0.1) is 19.2 Å². The van der Waals surface area contributed by atoms with Gasteiger partial charge in [0.2, 0.25) is 5.91 Å². The first-order chi connectivity index (χ1) is 12.6. The quantitative estimate of drug-likeness (QED) is 0.586. The van der Waals surface area contributed by atoms with Gasteiger partial charge < -0.3 is 15.0 Å². The normalized spacial score (nSPS) is 11.2. The van der Waals surface area contributed by atoms with Crippen molar-refractivity contribution in [2.75, 3.05) is 12.4 Å². The van der Waals surface area contributed by atoms with Gasteiger partial charge in [-0.05, 0) is 53.1 Å². The Morgan fingerprint density at radius 3 is 2.88 bits per heavy atom. The minimum Gasteiger partial charge on any atom is -0.494 e. The van der Waals surface area contributed by atoms with Crippen molar-refractivity contribution >= 4 is 33.5 Å². The smallest absolute Gasteiger partial charge is 0.228 e. The van der Waals surface area contributed by atoms with E-state index >= 15 is 0 Å². The van der Waals surface area contributed by atoms with Gasteiger partial charge in [0, 0.05) is 16.6 Å². The van der Waals surface area contributed by atoms with Crippen LogP contribution >= 0.6 is 0 Å². The number of methoxy groups -OCH3 is 1. The van der Waals surface area contributed by atoms with Crippen LogP contribution in [0.5, 0.6) is 5.75 Å². The van der Waals surface area contributed by atoms with Gasteiger partial charge in [-0.2, -0.15) is 0 Å². The number of aryl methyl sites for hydroxylation is 1. The van der Waals surface area contributed by atoms with Gasteiger partial charge in [-0.3, -0.25) is 4.79 Å². The lowest BCUT2D eigenvalue weighted by molar-refractivity contribution is -0.115. The minimum absolute atomic E-state index is 0.0914. The van der Waals surface area contributed by atoms with Crippen molar-refractivity contribution in [3.8, 4) is 5.75 Å². The molecular weight excluding hydrogens is 339 g/mol. The molecule has 8 heteroatoms. The predicted octanol–water partition coefficient (Wildman–Crippen LogP) is 3.34. The van der Waals surface area contributed by atoms with Crippen molar-refractivity contribution in [1.82, 2.24) is 15.3 Å². The van der Waals surface area contributed by atoms with E-state index in [1.165, 1.54) is 19.2 Å². The third kappa shape index (κ3) is 2.65. The van der Waals surface area contributed by atoms with E-state index in [0.717, 1.165) is 16.8 Å². The number of ether oxygens (including phenoxy) is 1. The first kappa shape index (κ1) is 16.1. The van der Waals surface area contributed by atoms with Crippen LogP contribution in [0.15, 0.2) is 35.0 Å². The number of benzene rings is 2. The van der Waals surface area contributed by atoms with Crippen LogP contribution in [-0.2, 0) is 11.2 Å². The summed E-state index contributed by atoms with van der Waals surface area (Å²) >= 11 is 0. The molecule has 0 unspecified atom stereocenters. The van der Waals surface area contributed by atoms with E-state index < -0.39 is 0 Å². The molecule has 0 aliphatic heterocycles. The maximum absolute atomic E-state index is 13.6. The monoisotopic (exact) mass is 354 g/mol. The fourth-order valence-electron chi connectivity index (χ4n) is 3.05. The molecule has 1 amide bonds.